The highest BCUT2D eigenvalue weighted by Crippen LogP contribution is 2.26. The summed E-state index contributed by atoms with van der Waals surface area (Å²) in [6, 6.07) is 13.1. The zero-order valence-corrected chi connectivity index (χ0v) is 17.8. The number of ether oxygens (including phenoxy) is 1. The molecule has 5 nitrogen and oxygen atoms in total. The smallest absolute Gasteiger partial charge is 0.191 e. The Bertz CT molecular complexity index is 986. The lowest BCUT2D eigenvalue weighted by Crippen LogP contribution is -2.16. The first-order chi connectivity index (χ1) is 13.3. The summed E-state index contributed by atoms with van der Waals surface area (Å²) in [5, 5.41) is 9.49. The summed E-state index contributed by atoms with van der Waals surface area (Å²) in [6.07, 6.45) is 0. The number of hydrogen-bond acceptors (Lipinski definition) is 5. The number of ketones is 1. The van der Waals surface area contributed by atoms with Gasteiger partial charge in [-0.1, -0.05) is 41.1 Å². The van der Waals surface area contributed by atoms with Crippen LogP contribution in [0.25, 0.3) is 0 Å². The van der Waals surface area contributed by atoms with Crippen LogP contribution in [0.15, 0.2) is 47.6 Å². The minimum atomic E-state index is -0.270. The highest BCUT2D eigenvalue weighted by molar-refractivity contribution is 8.00. The van der Waals surface area contributed by atoms with Gasteiger partial charge in [-0.05, 0) is 56.7 Å². The standard InChI is InChI=1S/C21H22ClN3O2S/c1-13-5-6-14(2)18(11-13)20(26)15(3)28-21-24-23-19(25(21)4)12-27-17-9-7-16(22)8-10-17/h5-11,15H,12H2,1-4H3. The van der Waals surface area contributed by atoms with Crippen molar-refractivity contribution >= 4 is 29.1 Å². The van der Waals surface area contributed by atoms with Crippen molar-refractivity contribution in [2.24, 2.45) is 7.05 Å². The number of carbonyl (C=O) groups is 1. The van der Waals surface area contributed by atoms with Crippen molar-refractivity contribution in [1.82, 2.24) is 14.8 Å². The predicted molar refractivity (Wildman–Crippen MR) is 112 cm³/mol. The minimum Gasteiger partial charge on any atom is -0.486 e. The van der Waals surface area contributed by atoms with Crippen molar-refractivity contribution in [1.29, 1.82) is 0 Å². The van der Waals surface area contributed by atoms with Crippen LogP contribution in [-0.2, 0) is 13.7 Å². The molecule has 0 radical (unpaired) electrons. The summed E-state index contributed by atoms with van der Waals surface area (Å²) in [4.78, 5) is 12.9. The average molecular weight is 416 g/mol. The Hall–Kier alpha value is -2.31. The van der Waals surface area contributed by atoms with Gasteiger partial charge < -0.3 is 9.30 Å². The summed E-state index contributed by atoms with van der Waals surface area (Å²) in [7, 11) is 1.87. The second-order valence-electron chi connectivity index (χ2n) is 6.64. The van der Waals surface area contributed by atoms with E-state index in [-0.39, 0.29) is 17.6 Å². The second-order valence-corrected chi connectivity index (χ2v) is 8.39. The number of hydrogen-bond donors (Lipinski definition) is 0. The third-order valence-electron chi connectivity index (χ3n) is 4.42. The second kappa shape index (κ2) is 8.80. The SMILES string of the molecule is Cc1ccc(C)c(C(=O)C(C)Sc2nnc(COc3ccc(Cl)cc3)n2C)c1. The van der Waals surface area contributed by atoms with Gasteiger partial charge in [-0.2, -0.15) is 0 Å². The number of halogens is 1. The molecule has 0 fully saturated rings. The normalized spacial score (nSPS) is 12.0. The van der Waals surface area contributed by atoms with Crippen molar-refractivity contribution < 1.29 is 9.53 Å². The van der Waals surface area contributed by atoms with Crippen LogP contribution in [0.4, 0.5) is 0 Å². The number of Topliss-reactive ketones (excluding diaryl/α,β-unsaturated/α-hetero) is 1. The summed E-state index contributed by atoms with van der Waals surface area (Å²) in [5.41, 5.74) is 2.82. The maximum atomic E-state index is 12.9. The molecular weight excluding hydrogens is 394 g/mol. The van der Waals surface area contributed by atoms with Crippen LogP contribution in [0.2, 0.25) is 5.02 Å². The maximum Gasteiger partial charge on any atom is 0.191 e. The fourth-order valence-corrected chi connectivity index (χ4v) is 3.71. The molecule has 0 saturated heterocycles. The lowest BCUT2D eigenvalue weighted by molar-refractivity contribution is 0.0993. The molecule has 1 aromatic heterocycles. The van der Waals surface area contributed by atoms with Crippen molar-refractivity contribution in [2.45, 2.75) is 37.8 Å². The Labute approximate surface area is 174 Å². The van der Waals surface area contributed by atoms with Crippen molar-refractivity contribution in [3.8, 4) is 5.75 Å². The lowest BCUT2D eigenvalue weighted by Gasteiger charge is -2.12. The molecule has 0 amide bonds. The molecule has 146 valence electrons. The monoisotopic (exact) mass is 415 g/mol. The van der Waals surface area contributed by atoms with Gasteiger partial charge in [-0.25, -0.2) is 0 Å². The molecule has 3 rings (SSSR count). The van der Waals surface area contributed by atoms with E-state index in [4.69, 9.17) is 16.3 Å². The largest absolute Gasteiger partial charge is 0.486 e. The van der Waals surface area contributed by atoms with Gasteiger partial charge in [0, 0.05) is 17.6 Å². The highest BCUT2D eigenvalue weighted by Gasteiger charge is 2.21. The molecule has 7 heteroatoms. The van der Waals surface area contributed by atoms with E-state index >= 15 is 0 Å². The first kappa shape index (κ1) is 20.4. The first-order valence-electron chi connectivity index (χ1n) is 8.90. The topological polar surface area (TPSA) is 57.0 Å². The van der Waals surface area contributed by atoms with Gasteiger partial charge >= 0.3 is 0 Å². The van der Waals surface area contributed by atoms with Gasteiger partial charge in [0.05, 0.1) is 5.25 Å². The van der Waals surface area contributed by atoms with Crippen LogP contribution in [0.3, 0.4) is 0 Å². The number of aromatic nitrogens is 3. The summed E-state index contributed by atoms with van der Waals surface area (Å²) >= 11 is 7.28. The zero-order valence-electron chi connectivity index (χ0n) is 16.3. The van der Waals surface area contributed by atoms with Gasteiger partial charge in [-0.15, -0.1) is 10.2 Å². The lowest BCUT2D eigenvalue weighted by atomic mass is 10.0. The Morgan fingerprint density at radius 3 is 2.61 bits per heavy atom. The Morgan fingerprint density at radius 1 is 1.18 bits per heavy atom. The maximum absolute atomic E-state index is 12.9. The molecule has 28 heavy (non-hydrogen) atoms. The molecule has 0 N–H and O–H groups in total. The van der Waals surface area contributed by atoms with E-state index in [0.717, 1.165) is 16.7 Å². The molecule has 0 aliphatic rings. The predicted octanol–water partition coefficient (Wildman–Crippen LogP) is 5.03. The number of aryl methyl sites for hydroxylation is 2. The van der Waals surface area contributed by atoms with Crippen LogP contribution in [0, 0.1) is 13.8 Å². The van der Waals surface area contributed by atoms with Gasteiger partial charge in [-0.3, -0.25) is 4.79 Å². The quantitative estimate of drug-likeness (QED) is 0.400. The first-order valence-corrected chi connectivity index (χ1v) is 10.2. The third kappa shape index (κ3) is 4.75. The van der Waals surface area contributed by atoms with Gasteiger partial charge in [0.2, 0.25) is 0 Å². The van der Waals surface area contributed by atoms with Crippen LogP contribution in [0.1, 0.15) is 34.2 Å². The van der Waals surface area contributed by atoms with E-state index in [0.29, 0.717) is 21.8 Å². The van der Waals surface area contributed by atoms with E-state index in [1.165, 1.54) is 11.8 Å². The molecule has 1 unspecified atom stereocenters. The molecule has 0 aliphatic heterocycles. The fourth-order valence-electron chi connectivity index (χ4n) is 2.68. The Morgan fingerprint density at radius 2 is 1.89 bits per heavy atom. The van der Waals surface area contributed by atoms with E-state index in [2.05, 4.69) is 10.2 Å². The molecule has 0 aliphatic carbocycles. The summed E-state index contributed by atoms with van der Waals surface area (Å²) in [6.45, 7) is 6.13. The van der Waals surface area contributed by atoms with Gasteiger partial charge in [0.15, 0.2) is 16.8 Å². The highest BCUT2D eigenvalue weighted by atomic mass is 35.5. The number of nitrogens with zero attached hydrogens (tertiary/aromatic N) is 3. The molecular formula is C21H22ClN3O2S. The number of carbonyl (C=O) groups excluding carboxylic acids is 1. The molecule has 1 atom stereocenters. The van der Waals surface area contributed by atoms with E-state index < -0.39 is 0 Å². The molecule has 1 heterocycles. The number of thioether (sulfide) groups is 1. The summed E-state index contributed by atoms with van der Waals surface area (Å²) in [5.74, 6) is 1.48. The van der Waals surface area contributed by atoms with E-state index in [9.17, 15) is 4.79 Å². The Kier molecular flexibility index (Phi) is 6.42. The number of rotatable bonds is 7. The Balaban J connectivity index is 1.67. The average Bonchev–Trinajstić information content (AvgIpc) is 3.02. The fraction of sp³-hybridized carbons (Fsp3) is 0.286. The van der Waals surface area contributed by atoms with Crippen molar-refractivity contribution in [3.05, 3.63) is 70.0 Å². The van der Waals surface area contributed by atoms with E-state index in [1.54, 1.807) is 24.3 Å². The van der Waals surface area contributed by atoms with Crippen LogP contribution in [0.5, 0.6) is 5.75 Å². The molecule has 0 saturated carbocycles. The molecule has 3 aromatic rings. The molecule has 0 bridgehead atoms. The van der Waals surface area contributed by atoms with Crippen molar-refractivity contribution in [3.63, 3.8) is 0 Å². The third-order valence-corrected chi connectivity index (χ3v) is 5.80. The number of benzene rings is 2. The molecule has 2 aromatic carbocycles. The van der Waals surface area contributed by atoms with E-state index in [1.807, 2.05) is 50.6 Å². The zero-order chi connectivity index (χ0) is 20.3. The molecule has 0 spiro atoms. The minimum absolute atomic E-state index is 0.0909. The van der Waals surface area contributed by atoms with Gasteiger partial charge in [0.25, 0.3) is 0 Å². The van der Waals surface area contributed by atoms with Crippen molar-refractivity contribution in [2.75, 3.05) is 0 Å². The summed E-state index contributed by atoms with van der Waals surface area (Å²) < 4.78 is 7.59. The van der Waals surface area contributed by atoms with Crippen LogP contribution < -0.4 is 4.74 Å². The van der Waals surface area contributed by atoms with Crippen LogP contribution in [-0.4, -0.2) is 25.8 Å². The van der Waals surface area contributed by atoms with Gasteiger partial charge in [0.1, 0.15) is 12.4 Å². The van der Waals surface area contributed by atoms with Crippen LogP contribution >= 0.6 is 23.4 Å².